The summed E-state index contributed by atoms with van der Waals surface area (Å²) in [6, 6.07) is 6.36. The van der Waals surface area contributed by atoms with Crippen molar-refractivity contribution in [1.29, 1.82) is 0 Å². The fourth-order valence-electron chi connectivity index (χ4n) is 1.86. The summed E-state index contributed by atoms with van der Waals surface area (Å²) >= 11 is 5.46. The van der Waals surface area contributed by atoms with Gasteiger partial charge in [0, 0.05) is 5.56 Å². The lowest BCUT2D eigenvalue weighted by molar-refractivity contribution is 0.103. The Kier molecular flexibility index (Phi) is 4.04. The number of hydrogen-bond donors (Lipinski definition) is 0. The molecule has 0 unspecified atom stereocenters. The minimum absolute atomic E-state index is 0.284. The van der Waals surface area contributed by atoms with Gasteiger partial charge in [-0.05, 0) is 42.8 Å². The Bertz CT molecular complexity index is 684. The molecule has 0 fully saturated rings. The lowest BCUT2D eigenvalue weighted by atomic mass is 9.98. The molecule has 0 aliphatic rings. The van der Waals surface area contributed by atoms with Gasteiger partial charge in [0.25, 0.3) is 0 Å². The van der Waals surface area contributed by atoms with E-state index in [4.69, 9.17) is 16.3 Å². The molecule has 5 heteroatoms. The van der Waals surface area contributed by atoms with Crippen LogP contribution in [0.3, 0.4) is 0 Å². The topological polar surface area (TPSA) is 26.3 Å². The van der Waals surface area contributed by atoms with Gasteiger partial charge in [0.15, 0.2) is 5.78 Å². The number of aryl methyl sites for hydroxylation is 1. The van der Waals surface area contributed by atoms with Crippen LogP contribution >= 0.6 is 11.6 Å². The Morgan fingerprint density at radius 1 is 1.10 bits per heavy atom. The normalized spacial score (nSPS) is 10.4. The smallest absolute Gasteiger partial charge is 0.196 e. The molecule has 20 heavy (non-hydrogen) atoms. The highest BCUT2D eigenvalue weighted by molar-refractivity contribution is 6.30. The van der Waals surface area contributed by atoms with E-state index in [1.165, 1.54) is 13.2 Å². The van der Waals surface area contributed by atoms with Crippen LogP contribution in [0.4, 0.5) is 8.78 Å². The number of ether oxygens (including phenoxy) is 1. The monoisotopic (exact) mass is 296 g/mol. The summed E-state index contributed by atoms with van der Waals surface area (Å²) in [6.45, 7) is 1.69. The lowest BCUT2D eigenvalue weighted by Gasteiger charge is -2.08. The Morgan fingerprint density at radius 3 is 2.40 bits per heavy atom. The largest absolute Gasteiger partial charge is 0.497 e. The molecule has 0 saturated heterocycles. The summed E-state index contributed by atoms with van der Waals surface area (Å²) in [5.74, 6) is -1.70. The first-order valence-corrected chi connectivity index (χ1v) is 6.15. The summed E-state index contributed by atoms with van der Waals surface area (Å²) in [6.07, 6.45) is 0. The molecule has 0 aliphatic carbocycles. The summed E-state index contributed by atoms with van der Waals surface area (Å²) < 4.78 is 32.2. The van der Waals surface area contributed by atoms with Crippen molar-refractivity contribution in [3.8, 4) is 5.75 Å². The van der Waals surface area contributed by atoms with E-state index in [0.717, 1.165) is 12.1 Å². The number of ketones is 1. The standard InChI is InChI=1S/C15H11ClF2O2/c1-8-5-9(20-2)3-4-10(8)15(19)11-6-14(18)12(16)7-13(11)17/h3-7H,1-2H3. The van der Waals surface area contributed by atoms with Crippen molar-refractivity contribution in [2.45, 2.75) is 6.92 Å². The second kappa shape index (κ2) is 5.59. The first-order chi connectivity index (χ1) is 9.43. The van der Waals surface area contributed by atoms with Crippen molar-refractivity contribution in [2.75, 3.05) is 7.11 Å². The Balaban J connectivity index is 2.49. The number of hydrogen-bond acceptors (Lipinski definition) is 2. The van der Waals surface area contributed by atoms with Crippen LogP contribution in [0.1, 0.15) is 21.5 Å². The highest BCUT2D eigenvalue weighted by Crippen LogP contribution is 2.24. The molecule has 2 rings (SSSR count). The number of halogens is 3. The molecule has 0 heterocycles. The Hall–Kier alpha value is -1.94. The molecular weight excluding hydrogens is 286 g/mol. The third-order valence-electron chi connectivity index (χ3n) is 2.93. The van der Waals surface area contributed by atoms with Crippen LogP contribution < -0.4 is 4.74 Å². The van der Waals surface area contributed by atoms with E-state index in [1.54, 1.807) is 19.1 Å². The molecule has 0 saturated carbocycles. The van der Waals surface area contributed by atoms with Gasteiger partial charge in [-0.2, -0.15) is 0 Å². The van der Waals surface area contributed by atoms with Crippen molar-refractivity contribution in [2.24, 2.45) is 0 Å². The predicted molar refractivity (Wildman–Crippen MR) is 72.5 cm³/mol. The van der Waals surface area contributed by atoms with Gasteiger partial charge >= 0.3 is 0 Å². The lowest BCUT2D eigenvalue weighted by Crippen LogP contribution is -2.07. The molecule has 0 radical (unpaired) electrons. The maximum Gasteiger partial charge on any atom is 0.196 e. The molecule has 0 aliphatic heterocycles. The van der Waals surface area contributed by atoms with Crippen molar-refractivity contribution in [3.05, 3.63) is 63.7 Å². The summed E-state index contributed by atoms with van der Waals surface area (Å²) in [7, 11) is 1.50. The third kappa shape index (κ3) is 2.65. The highest BCUT2D eigenvalue weighted by atomic mass is 35.5. The predicted octanol–water partition coefficient (Wildman–Crippen LogP) is 4.17. The molecule has 2 aromatic carbocycles. The molecular formula is C15H11ClF2O2. The minimum atomic E-state index is -0.850. The maximum absolute atomic E-state index is 13.7. The summed E-state index contributed by atoms with van der Waals surface area (Å²) in [4.78, 5) is 12.3. The van der Waals surface area contributed by atoms with Gasteiger partial charge in [0.05, 0.1) is 17.7 Å². The summed E-state index contributed by atoms with van der Waals surface area (Å²) in [5, 5.41) is -0.356. The van der Waals surface area contributed by atoms with E-state index < -0.39 is 17.4 Å². The molecule has 2 aromatic rings. The fraction of sp³-hybridized carbons (Fsp3) is 0.133. The first kappa shape index (κ1) is 14.5. The van der Waals surface area contributed by atoms with Crippen molar-refractivity contribution in [3.63, 3.8) is 0 Å². The van der Waals surface area contributed by atoms with Gasteiger partial charge in [0.2, 0.25) is 0 Å². The van der Waals surface area contributed by atoms with E-state index >= 15 is 0 Å². The zero-order valence-corrected chi connectivity index (χ0v) is 11.6. The van der Waals surface area contributed by atoms with E-state index in [9.17, 15) is 13.6 Å². The van der Waals surface area contributed by atoms with Crippen LogP contribution in [0.25, 0.3) is 0 Å². The number of benzene rings is 2. The van der Waals surface area contributed by atoms with E-state index in [0.29, 0.717) is 11.3 Å². The third-order valence-corrected chi connectivity index (χ3v) is 3.22. The highest BCUT2D eigenvalue weighted by Gasteiger charge is 2.18. The molecule has 0 spiro atoms. The van der Waals surface area contributed by atoms with Gasteiger partial charge in [-0.1, -0.05) is 11.6 Å². The minimum Gasteiger partial charge on any atom is -0.497 e. The number of carbonyl (C=O) groups excluding carboxylic acids is 1. The van der Waals surface area contributed by atoms with Crippen LogP contribution in [0.2, 0.25) is 5.02 Å². The van der Waals surface area contributed by atoms with Crippen LogP contribution in [-0.4, -0.2) is 12.9 Å². The van der Waals surface area contributed by atoms with Gasteiger partial charge in [-0.15, -0.1) is 0 Å². The van der Waals surface area contributed by atoms with Gasteiger partial charge in [-0.3, -0.25) is 4.79 Å². The van der Waals surface area contributed by atoms with Crippen LogP contribution in [0.5, 0.6) is 5.75 Å². The van der Waals surface area contributed by atoms with E-state index in [1.807, 2.05) is 0 Å². The van der Waals surface area contributed by atoms with Gasteiger partial charge < -0.3 is 4.74 Å². The van der Waals surface area contributed by atoms with Crippen molar-refractivity contribution in [1.82, 2.24) is 0 Å². The Labute approximate surface area is 119 Å². The van der Waals surface area contributed by atoms with Gasteiger partial charge in [0.1, 0.15) is 17.4 Å². The molecule has 2 nitrogen and oxygen atoms in total. The maximum atomic E-state index is 13.7. The molecule has 0 N–H and O–H groups in total. The van der Waals surface area contributed by atoms with Crippen LogP contribution in [0, 0.1) is 18.6 Å². The molecule has 0 atom stereocenters. The van der Waals surface area contributed by atoms with Crippen molar-refractivity contribution >= 4 is 17.4 Å². The van der Waals surface area contributed by atoms with Crippen molar-refractivity contribution < 1.29 is 18.3 Å². The first-order valence-electron chi connectivity index (χ1n) is 5.78. The summed E-state index contributed by atoms with van der Waals surface area (Å²) in [5.41, 5.74) is 0.552. The molecule has 104 valence electrons. The Morgan fingerprint density at radius 2 is 1.80 bits per heavy atom. The number of carbonyl (C=O) groups is 1. The number of rotatable bonds is 3. The molecule has 0 aromatic heterocycles. The SMILES string of the molecule is COc1ccc(C(=O)c2cc(F)c(Cl)cc2F)c(C)c1. The zero-order chi connectivity index (χ0) is 14.9. The fourth-order valence-corrected chi connectivity index (χ4v) is 2.01. The van der Waals surface area contributed by atoms with E-state index in [-0.39, 0.29) is 16.1 Å². The zero-order valence-electron chi connectivity index (χ0n) is 10.8. The average Bonchev–Trinajstić information content (AvgIpc) is 2.42. The van der Waals surface area contributed by atoms with E-state index in [2.05, 4.69) is 0 Å². The second-order valence-corrected chi connectivity index (χ2v) is 4.66. The molecule has 0 amide bonds. The van der Waals surface area contributed by atoms with Gasteiger partial charge in [-0.25, -0.2) is 8.78 Å². The van der Waals surface area contributed by atoms with Crippen LogP contribution in [0.15, 0.2) is 30.3 Å². The molecule has 0 bridgehead atoms. The second-order valence-electron chi connectivity index (χ2n) is 4.26. The van der Waals surface area contributed by atoms with Crippen LogP contribution in [-0.2, 0) is 0 Å². The quantitative estimate of drug-likeness (QED) is 0.628. The average molecular weight is 297 g/mol. The number of methoxy groups -OCH3 is 1.